The van der Waals surface area contributed by atoms with Crippen molar-refractivity contribution in [1.29, 1.82) is 0 Å². The van der Waals surface area contributed by atoms with Gasteiger partial charge in [0.15, 0.2) is 0 Å². The molecule has 0 fully saturated rings. The number of hydrogen-bond donors (Lipinski definition) is 1. The minimum atomic E-state index is -4.05. The fraction of sp³-hybridized carbons (Fsp3) is 0.273. The summed E-state index contributed by atoms with van der Waals surface area (Å²) in [5.41, 5.74) is 2.03. The quantitative estimate of drug-likeness (QED) is 0.481. The number of hydrogen-bond acceptors (Lipinski definition) is 5. The highest BCUT2D eigenvalue weighted by molar-refractivity contribution is 8.07. The molecular weight excluding hydrogens is 240 g/mol. The average Bonchev–Trinajstić information content (AvgIpc) is 2.15. The Bertz CT molecular complexity index is 566. The number of carbonyl (C=O) groups excluding carboxylic acids is 1. The minimum Gasteiger partial charge on any atom is -0.323 e. The highest BCUT2D eigenvalue weighted by Crippen LogP contribution is 2.23. The largest absolute Gasteiger partial charge is 0.323 e. The fourth-order valence-corrected chi connectivity index (χ4v) is 3.19. The molecule has 5 nitrogen and oxygen atoms in total. The predicted molar refractivity (Wildman–Crippen MR) is 65.5 cm³/mol. The Kier molecular flexibility index (Phi) is 3.67. The molecule has 1 aromatic rings. The summed E-state index contributed by atoms with van der Waals surface area (Å²) >= 11 is 0. The van der Waals surface area contributed by atoms with Gasteiger partial charge in [-0.15, -0.1) is 0 Å². The molecule has 0 saturated carbocycles. The van der Waals surface area contributed by atoms with Crippen LogP contribution in [0.3, 0.4) is 0 Å². The molecule has 6 heteroatoms. The van der Waals surface area contributed by atoms with Gasteiger partial charge in [0.1, 0.15) is 6.21 Å². The van der Waals surface area contributed by atoms with Crippen molar-refractivity contribution in [2.45, 2.75) is 25.7 Å². The van der Waals surface area contributed by atoms with E-state index in [0.29, 0.717) is 17.3 Å². The zero-order chi connectivity index (χ0) is 13.2. The maximum Gasteiger partial charge on any atom is 0.294 e. The van der Waals surface area contributed by atoms with Gasteiger partial charge in [-0.1, -0.05) is 17.7 Å². The predicted octanol–water partition coefficient (Wildman–Crippen LogP) is 0.857. The van der Waals surface area contributed by atoms with Crippen molar-refractivity contribution in [3.8, 4) is 0 Å². The third-order valence-electron chi connectivity index (χ3n) is 2.32. The number of benzene rings is 1. The topological polar surface area (TPSA) is 89.6 Å². The Hall–Kier alpha value is -1.69. The third kappa shape index (κ3) is 2.52. The molecule has 1 aromatic carbocycles. The normalized spacial score (nSPS) is 11.9. The average molecular weight is 254 g/mol. The van der Waals surface area contributed by atoms with Gasteiger partial charge in [-0.2, -0.15) is 5.10 Å². The van der Waals surface area contributed by atoms with Crippen molar-refractivity contribution in [1.82, 2.24) is 0 Å². The van der Waals surface area contributed by atoms with Crippen LogP contribution >= 0.6 is 0 Å². The minimum absolute atomic E-state index is 0.0352. The van der Waals surface area contributed by atoms with Crippen LogP contribution in [0.5, 0.6) is 0 Å². The van der Waals surface area contributed by atoms with Gasteiger partial charge in [-0.3, -0.25) is 4.79 Å². The van der Waals surface area contributed by atoms with E-state index in [2.05, 4.69) is 5.10 Å². The monoisotopic (exact) mass is 254 g/mol. The van der Waals surface area contributed by atoms with Crippen LogP contribution in [0, 0.1) is 20.8 Å². The smallest absolute Gasteiger partial charge is 0.294 e. The van der Waals surface area contributed by atoms with Gasteiger partial charge < -0.3 is 5.84 Å². The summed E-state index contributed by atoms with van der Waals surface area (Å²) in [5.74, 6) is 4.79. The number of rotatable bonds is 2. The molecule has 2 N–H and O–H groups in total. The van der Waals surface area contributed by atoms with E-state index in [1.54, 1.807) is 26.0 Å². The standard InChI is InChI=1S/C11H14N2O3S/c1-7-4-8(2)11(9(3)5-7)17(15,16)10(14)6-13-12/h4-6H,12H2,1-3H3/b13-6+. The number of carbonyl (C=O) groups is 1. The first-order valence-electron chi connectivity index (χ1n) is 4.91. The highest BCUT2D eigenvalue weighted by atomic mass is 32.2. The second kappa shape index (κ2) is 4.67. The van der Waals surface area contributed by atoms with Crippen LogP contribution in [0.15, 0.2) is 22.1 Å². The first-order valence-corrected chi connectivity index (χ1v) is 6.39. The molecule has 0 aliphatic rings. The van der Waals surface area contributed by atoms with E-state index in [4.69, 9.17) is 5.84 Å². The van der Waals surface area contributed by atoms with Crippen molar-refractivity contribution in [3.05, 3.63) is 28.8 Å². The maximum atomic E-state index is 12.0. The van der Waals surface area contributed by atoms with Crippen LogP contribution in [-0.4, -0.2) is 19.7 Å². The molecule has 0 aliphatic heterocycles. The molecule has 0 spiro atoms. The summed E-state index contributed by atoms with van der Waals surface area (Å²) in [4.78, 5) is 11.5. The van der Waals surface area contributed by atoms with Crippen LogP contribution in [0.4, 0.5) is 0 Å². The van der Waals surface area contributed by atoms with Crippen molar-refractivity contribution < 1.29 is 13.2 Å². The Morgan fingerprint density at radius 3 is 2.12 bits per heavy atom. The lowest BCUT2D eigenvalue weighted by Crippen LogP contribution is -2.19. The van der Waals surface area contributed by atoms with Crippen LogP contribution in [0.2, 0.25) is 0 Å². The van der Waals surface area contributed by atoms with Crippen LogP contribution < -0.4 is 5.84 Å². The summed E-state index contributed by atoms with van der Waals surface area (Å²) in [6.07, 6.45) is 0.605. The Labute approximate surface area is 100 Å². The van der Waals surface area contributed by atoms with Crippen molar-refractivity contribution in [2.75, 3.05) is 0 Å². The lowest BCUT2D eigenvalue weighted by molar-refractivity contribution is -0.106. The van der Waals surface area contributed by atoms with E-state index in [1.165, 1.54) is 0 Å². The molecular formula is C11H14N2O3S. The molecule has 0 aliphatic carbocycles. The van der Waals surface area contributed by atoms with Gasteiger partial charge in [0.25, 0.3) is 5.12 Å². The van der Waals surface area contributed by atoms with E-state index in [0.717, 1.165) is 5.56 Å². The van der Waals surface area contributed by atoms with Crippen molar-refractivity contribution >= 4 is 21.2 Å². The number of sulfone groups is 1. The molecule has 0 radical (unpaired) electrons. The van der Waals surface area contributed by atoms with Gasteiger partial charge >= 0.3 is 0 Å². The first-order chi connectivity index (χ1) is 7.80. The van der Waals surface area contributed by atoms with Crippen LogP contribution in [0.25, 0.3) is 0 Å². The second-order valence-electron chi connectivity index (χ2n) is 3.83. The van der Waals surface area contributed by atoms with Gasteiger partial charge in [0.2, 0.25) is 9.84 Å². The molecule has 0 unspecified atom stereocenters. The van der Waals surface area contributed by atoms with Crippen molar-refractivity contribution in [3.63, 3.8) is 0 Å². The molecule has 17 heavy (non-hydrogen) atoms. The van der Waals surface area contributed by atoms with E-state index in [-0.39, 0.29) is 4.90 Å². The Morgan fingerprint density at radius 1 is 1.24 bits per heavy atom. The molecule has 0 atom stereocenters. The SMILES string of the molecule is Cc1cc(C)c(S(=O)(=O)C(=O)/C=N/N)c(C)c1. The molecule has 0 bridgehead atoms. The molecule has 0 heterocycles. The van der Waals surface area contributed by atoms with Gasteiger partial charge in [0, 0.05) is 0 Å². The van der Waals surface area contributed by atoms with Crippen molar-refractivity contribution in [2.24, 2.45) is 10.9 Å². The Balaban J connectivity index is 3.50. The molecule has 92 valence electrons. The van der Waals surface area contributed by atoms with E-state index in [1.807, 2.05) is 6.92 Å². The second-order valence-corrected chi connectivity index (χ2v) is 5.65. The molecule has 0 saturated heterocycles. The molecule has 0 aromatic heterocycles. The first kappa shape index (κ1) is 13.4. The summed E-state index contributed by atoms with van der Waals surface area (Å²) in [5, 5.41) is 1.85. The summed E-state index contributed by atoms with van der Waals surface area (Å²) in [7, 11) is -4.05. The van der Waals surface area contributed by atoms with Gasteiger partial charge in [0.05, 0.1) is 4.90 Å². The zero-order valence-electron chi connectivity index (χ0n) is 9.89. The van der Waals surface area contributed by atoms with E-state index in [9.17, 15) is 13.2 Å². The zero-order valence-corrected chi connectivity index (χ0v) is 10.7. The maximum absolute atomic E-state index is 12.0. The van der Waals surface area contributed by atoms with E-state index >= 15 is 0 Å². The fourth-order valence-electron chi connectivity index (χ4n) is 1.82. The molecule has 0 amide bonds. The highest BCUT2D eigenvalue weighted by Gasteiger charge is 2.26. The van der Waals surface area contributed by atoms with Gasteiger partial charge in [-0.25, -0.2) is 8.42 Å². The summed E-state index contributed by atoms with van der Waals surface area (Å²) in [6.45, 7) is 5.17. The van der Waals surface area contributed by atoms with Gasteiger partial charge in [-0.05, 0) is 31.9 Å². The van der Waals surface area contributed by atoms with Crippen LogP contribution in [0.1, 0.15) is 16.7 Å². The third-order valence-corrected chi connectivity index (χ3v) is 4.13. The van der Waals surface area contributed by atoms with E-state index < -0.39 is 15.0 Å². The number of nitrogens with two attached hydrogens (primary N) is 1. The Morgan fingerprint density at radius 2 is 1.71 bits per heavy atom. The van der Waals surface area contributed by atoms with Crippen LogP contribution in [-0.2, 0) is 14.6 Å². The summed E-state index contributed by atoms with van der Waals surface area (Å²) < 4.78 is 24.0. The number of aryl methyl sites for hydroxylation is 3. The number of nitrogens with zero attached hydrogens (tertiary/aromatic N) is 1. The lowest BCUT2D eigenvalue weighted by Gasteiger charge is -2.09. The lowest BCUT2D eigenvalue weighted by atomic mass is 10.1. The molecule has 1 rings (SSSR count). The summed E-state index contributed by atoms with van der Waals surface area (Å²) in [6, 6.07) is 3.43. The number of hydrazone groups is 1.